The Morgan fingerprint density at radius 3 is 1.11 bits per heavy atom. The number of hydrogen-bond donors (Lipinski definition) is 1. The molecule has 0 saturated heterocycles. The molecule has 1 N–H and O–H groups in total. The van der Waals surface area contributed by atoms with E-state index in [4.69, 9.17) is 0 Å². The number of phenolic OH excluding ortho intramolecular Hbond substituents is 1. The van der Waals surface area contributed by atoms with E-state index < -0.39 is 0 Å². The van der Waals surface area contributed by atoms with Crippen molar-refractivity contribution in [2.75, 3.05) is 4.90 Å². The quantitative estimate of drug-likeness (QED) is 0.188. The van der Waals surface area contributed by atoms with Gasteiger partial charge >= 0.3 is 0 Å². The van der Waals surface area contributed by atoms with E-state index >= 15 is 0 Å². The molecule has 0 saturated carbocycles. The Kier molecular flexibility index (Phi) is 8.76. The first kappa shape index (κ1) is 28.1. The topological polar surface area (TPSA) is 62.1 Å². The highest BCUT2D eigenvalue weighted by Crippen LogP contribution is 2.37. The lowest BCUT2D eigenvalue weighted by Crippen LogP contribution is -2.10. The van der Waals surface area contributed by atoms with Crippen molar-refractivity contribution in [3.63, 3.8) is 0 Å². The number of benzene rings is 3. The lowest BCUT2D eigenvalue weighted by Gasteiger charge is -2.26. The Labute approximate surface area is 257 Å². The van der Waals surface area contributed by atoms with Gasteiger partial charge in [-0.1, -0.05) is 60.7 Å². The summed E-state index contributed by atoms with van der Waals surface area (Å²) in [6, 6.07) is 34.3. The molecule has 0 aliphatic rings. The molecule has 0 fully saturated rings. The van der Waals surface area contributed by atoms with Gasteiger partial charge in [0.15, 0.2) is 0 Å². The van der Waals surface area contributed by atoms with Crippen molar-refractivity contribution in [1.29, 1.82) is 0 Å². The van der Waals surface area contributed by atoms with E-state index in [1.54, 1.807) is 43.2 Å². The SMILES string of the molecule is Oc1cc(N(c2ccc(/C=C/c3ccncc3)cc2)c2ccc(/C=C/c3ccncc3)cc2)ccc1/C=C/c1ccncc1. The van der Waals surface area contributed by atoms with E-state index in [9.17, 15) is 5.11 Å². The van der Waals surface area contributed by atoms with Crippen LogP contribution in [-0.4, -0.2) is 20.1 Å². The van der Waals surface area contributed by atoms with Crippen molar-refractivity contribution in [3.05, 3.63) is 174 Å². The zero-order chi connectivity index (χ0) is 30.0. The van der Waals surface area contributed by atoms with Crippen molar-refractivity contribution < 1.29 is 5.11 Å². The average Bonchev–Trinajstić information content (AvgIpc) is 3.09. The van der Waals surface area contributed by atoms with E-state index in [-0.39, 0.29) is 5.75 Å². The third-order valence-corrected chi connectivity index (χ3v) is 7.08. The maximum Gasteiger partial charge on any atom is 0.124 e. The van der Waals surface area contributed by atoms with Crippen LogP contribution in [0, 0.1) is 0 Å². The predicted octanol–water partition coefficient (Wildman–Crippen LogP) is 9.56. The smallest absolute Gasteiger partial charge is 0.124 e. The van der Waals surface area contributed by atoms with Crippen molar-refractivity contribution in [1.82, 2.24) is 15.0 Å². The van der Waals surface area contributed by atoms with Crippen molar-refractivity contribution in [2.24, 2.45) is 0 Å². The van der Waals surface area contributed by atoms with Gasteiger partial charge in [0.2, 0.25) is 0 Å². The second-order valence-corrected chi connectivity index (χ2v) is 10.1. The lowest BCUT2D eigenvalue weighted by atomic mass is 10.1. The van der Waals surface area contributed by atoms with Crippen molar-refractivity contribution in [2.45, 2.75) is 0 Å². The van der Waals surface area contributed by atoms with E-state index in [0.29, 0.717) is 0 Å². The van der Waals surface area contributed by atoms with Gasteiger partial charge in [-0.25, -0.2) is 0 Å². The summed E-state index contributed by atoms with van der Waals surface area (Å²) in [5.74, 6) is 0.201. The van der Waals surface area contributed by atoms with Crippen molar-refractivity contribution >= 4 is 53.5 Å². The molecule has 0 bridgehead atoms. The van der Waals surface area contributed by atoms with Crippen LogP contribution in [0.4, 0.5) is 17.1 Å². The maximum absolute atomic E-state index is 11.0. The fraction of sp³-hybridized carbons (Fsp3) is 0. The van der Waals surface area contributed by atoms with E-state index in [0.717, 1.165) is 50.4 Å². The summed E-state index contributed by atoms with van der Waals surface area (Å²) in [5, 5.41) is 11.0. The second-order valence-electron chi connectivity index (χ2n) is 10.1. The largest absolute Gasteiger partial charge is 0.507 e. The minimum atomic E-state index is 0.201. The molecule has 5 heteroatoms. The summed E-state index contributed by atoms with van der Waals surface area (Å²) in [4.78, 5) is 14.4. The highest BCUT2D eigenvalue weighted by Gasteiger charge is 2.14. The molecule has 0 aliphatic heterocycles. The molecule has 0 spiro atoms. The van der Waals surface area contributed by atoms with Gasteiger partial charge in [-0.2, -0.15) is 0 Å². The Hall–Kier alpha value is -6.07. The third-order valence-electron chi connectivity index (χ3n) is 7.08. The number of aromatic nitrogens is 3. The van der Waals surface area contributed by atoms with Gasteiger partial charge in [0, 0.05) is 65.9 Å². The van der Waals surface area contributed by atoms with Crippen LogP contribution in [-0.2, 0) is 0 Å². The van der Waals surface area contributed by atoms with Gasteiger partial charge in [-0.05, 0) is 101 Å². The fourth-order valence-electron chi connectivity index (χ4n) is 4.72. The maximum atomic E-state index is 11.0. The summed E-state index contributed by atoms with van der Waals surface area (Å²) in [7, 11) is 0. The molecule has 3 aromatic heterocycles. The van der Waals surface area contributed by atoms with Gasteiger partial charge in [-0.3, -0.25) is 15.0 Å². The molecule has 0 atom stereocenters. The standard InChI is InChI=1S/C39H30N4O/c44-39-29-38(16-11-35(39)10-5-34-21-27-42-28-22-34)43(36-12-6-30(7-13-36)1-3-32-17-23-40-24-18-32)37-14-8-31(9-15-37)2-4-33-19-25-41-26-20-33/h1-29,44H/b3-1+,4-2+,10-5+. The molecule has 3 aromatic carbocycles. The lowest BCUT2D eigenvalue weighted by molar-refractivity contribution is 0.474. The van der Waals surface area contributed by atoms with Gasteiger partial charge in [-0.15, -0.1) is 0 Å². The van der Waals surface area contributed by atoms with E-state index in [1.807, 2.05) is 60.7 Å². The summed E-state index contributed by atoms with van der Waals surface area (Å²) < 4.78 is 0. The number of rotatable bonds is 9. The van der Waals surface area contributed by atoms with Crippen molar-refractivity contribution in [3.8, 4) is 5.75 Å². The van der Waals surface area contributed by atoms with Crippen LogP contribution in [0.25, 0.3) is 36.5 Å². The molecule has 212 valence electrons. The van der Waals surface area contributed by atoms with Gasteiger partial charge in [0.1, 0.15) is 5.75 Å². The molecule has 6 rings (SSSR count). The zero-order valence-electron chi connectivity index (χ0n) is 24.0. The van der Waals surface area contributed by atoms with Crippen LogP contribution in [0.2, 0.25) is 0 Å². The highest BCUT2D eigenvalue weighted by molar-refractivity contribution is 5.82. The normalized spacial score (nSPS) is 11.5. The molecule has 6 aromatic rings. The Balaban J connectivity index is 1.31. The van der Waals surface area contributed by atoms with Gasteiger partial charge < -0.3 is 10.0 Å². The van der Waals surface area contributed by atoms with E-state index in [2.05, 4.69) is 92.7 Å². The zero-order valence-corrected chi connectivity index (χ0v) is 24.0. The van der Waals surface area contributed by atoms with Gasteiger partial charge in [0.25, 0.3) is 0 Å². The number of phenols is 1. The molecule has 0 amide bonds. The number of aromatic hydroxyl groups is 1. The van der Waals surface area contributed by atoms with Crippen LogP contribution in [0.3, 0.4) is 0 Å². The summed E-state index contributed by atoms with van der Waals surface area (Å²) >= 11 is 0. The van der Waals surface area contributed by atoms with Crippen LogP contribution < -0.4 is 4.90 Å². The number of nitrogens with zero attached hydrogens (tertiary/aromatic N) is 4. The number of hydrogen-bond acceptors (Lipinski definition) is 5. The molecule has 0 aliphatic carbocycles. The Morgan fingerprint density at radius 1 is 0.386 bits per heavy atom. The monoisotopic (exact) mass is 570 g/mol. The van der Waals surface area contributed by atoms with E-state index in [1.165, 1.54) is 0 Å². The minimum absolute atomic E-state index is 0.201. The first-order valence-corrected chi connectivity index (χ1v) is 14.3. The molecular formula is C39H30N4O. The summed E-state index contributed by atoms with van der Waals surface area (Å²) in [6.07, 6.45) is 22.8. The number of anilines is 3. The molecule has 5 nitrogen and oxygen atoms in total. The van der Waals surface area contributed by atoms with Crippen LogP contribution in [0.15, 0.2) is 140 Å². The molecule has 0 unspecified atom stereocenters. The predicted molar refractivity (Wildman–Crippen MR) is 182 cm³/mol. The first-order chi connectivity index (χ1) is 21.7. The Bertz CT molecular complexity index is 1790. The molecule has 3 heterocycles. The second kappa shape index (κ2) is 13.7. The average molecular weight is 571 g/mol. The molecular weight excluding hydrogens is 540 g/mol. The minimum Gasteiger partial charge on any atom is -0.507 e. The third kappa shape index (κ3) is 7.22. The highest BCUT2D eigenvalue weighted by atomic mass is 16.3. The molecule has 0 radical (unpaired) electrons. The summed E-state index contributed by atoms with van der Waals surface area (Å²) in [6.45, 7) is 0. The van der Waals surface area contributed by atoms with Crippen LogP contribution >= 0.6 is 0 Å². The number of pyridine rings is 3. The molecule has 44 heavy (non-hydrogen) atoms. The fourth-order valence-corrected chi connectivity index (χ4v) is 4.72. The van der Waals surface area contributed by atoms with Gasteiger partial charge in [0.05, 0.1) is 0 Å². The Morgan fingerprint density at radius 2 is 0.727 bits per heavy atom. The van der Waals surface area contributed by atoms with Crippen LogP contribution in [0.1, 0.15) is 33.4 Å². The van der Waals surface area contributed by atoms with Crippen LogP contribution in [0.5, 0.6) is 5.75 Å². The summed E-state index contributed by atoms with van der Waals surface area (Å²) in [5.41, 5.74) is 8.91. The first-order valence-electron chi connectivity index (χ1n) is 14.3.